The number of amides is 1. The van der Waals surface area contributed by atoms with Crippen molar-refractivity contribution in [2.24, 2.45) is 0 Å². The van der Waals surface area contributed by atoms with E-state index in [4.69, 9.17) is 23.2 Å². The number of rotatable bonds is 3. The zero-order valence-corrected chi connectivity index (χ0v) is 13.7. The summed E-state index contributed by atoms with van der Waals surface area (Å²) in [6, 6.07) is 4.57. The smallest absolute Gasteiger partial charge is 0.324 e. The van der Waals surface area contributed by atoms with Crippen LogP contribution < -0.4 is 10.9 Å². The lowest BCUT2D eigenvalue weighted by Crippen LogP contribution is -2.31. The Morgan fingerprint density at radius 2 is 1.75 bits per heavy atom. The quantitative estimate of drug-likeness (QED) is 0.861. The van der Waals surface area contributed by atoms with E-state index in [0.29, 0.717) is 16.8 Å². The molecular weight excluding hydrogens is 368 g/mol. The number of halogens is 5. The minimum absolute atomic E-state index is 0.268. The van der Waals surface area contributed by atoms with Gasteiger partial charge in [-0.25, -0.2) is 0 Å². The zero-order chi connectivity index (χ0) is 18.1. The average Bonchev–Trinajstić information content (AvgIpc) is 2.44. The van der Waals surface area contributed by atoms with Gasteiger partial charge < -0.3 is 9.88 Å². The van der Waals surface area contributed by atoms with Crippen molar-refractivity contribution in [3.63, 3.8) is 0 Å². The Kier molecular flexibility index (Phi) is 5.25. The summed E-state index contributed by atoms with van der Waals surface area (Å²) in [5.74, 6) is -0.685. The number of nitrogens with zero attached hydrogens (tertiary/aromatic N) is 1. The van der Waals surface area contributed by atoms with E-state index >= 15 is 0 Å². The summed E-state index contributed by atoms with van der Waals surface area (Å²) < 4.78 is 39.0. The Balaban J connectivity index is 2.29. The summed E-state index contributed by atoms with van der Waals surface area (Å²) >= 11 is 11.6. The molecule has 1 atom stereocenters. The molecule has 2 rings (SSSR count). The van der Waals surface area contributed by atoms with Crippen LogP contribution in [0, 0.1) is 0 Å². The van der Waals surface area contributed by atoms with E-state index in [9.17, 15) is 22.8 Å². The van der Waals surface area contributed by atoms with Crippen molar-refractivity contribution < 1.29 is 18.0 Å². The summed E-state index contributed by atoms with van der Waals surface area (Å²) in [6.07, 6.45) is -4.01. The second-order valence-corrected chi connectivity index (χ2v) is 5.86. The van der Waals surface area contributed by atoms with E-state index in [-0.39, 0.29) is 15.7 Å². The van der Waals surface area contributed by atoms with Crippen LogP contribution in [0.3, 0.4) is 0 Å². The van der Waals surface area contributed by atoms with Gasteiger partial charge in [0.1, 0.15) is 6.04 Å². The molecule has 24 heavy (non-hydrogen) atoms. The van der Waals surface area contributed by atoms with Crippen LogP contribution in [0.25, 0.3) is 0 Å². The van der Waals surface area contributed by atoms with Crippen LogP contribution in [0.1, 0.15) is 18.5 Å². The molecule has 0 radical (unpaired) electrons. The molecule has 2 aromatic rings. The number of carbonyl (C=O) groups excluding carboxylic acids is 1. The first-order valence-electron chi connectivity index (χ1n) is 6.64. The fraction of sp³-hybridized carbons (Fsp3) is 0.200. The maximum Gasteiger partial charge on any atom is 0.417 e. The minimum atomic E-state index is -4.62. The molecule has 4 nitrogen and oxygen atoms in total. The van der Waals surface area contributed by atoms with E-state index in [1.54, 1.807) is 0 Å². The Morgan fingerprint density at radius 1 is 1.17 bits per heavy atom. The third-order valence-electron chi connectivity index (χ3n) is 3.19. The number of benzene rings is 1. The third kappa shape index (κ3) is 4.30. The molecular formula is C15H11Cl2F3N2O2. The van der Waals surface area contributed by atoms with Gasteiger partial charge in [0.05, 0.1) is 5.56 Å². The summed E-state index contributed by atoms with van der Waals surface area (Å²) in [5, 5.41) is 3.02. The lowest BCUT2D eigenvalue weighted by Gasteiger charge is -2.17. The van der Waals surface area contributed by atoms with Crippen molar-refractivity contribution in [1.82, 2.24) is 4.57 Å². The number of hydrogen-bond donors (Lipinski definition) is 1. The summed E-state index contributed by atoms with van der Waals surface area (Å²) in [6.45, 7) is 1.31. The molecule has 9 heteroatoms. The first-order chi connectivity index (χ1) is 11.1. The van der Waals surface area contributed by atoms with E-state index in [1.807, 2.05) is 0 Å². The van der Waals surface area contributed by atoms with Gasteiger partial charge >= 0.3 is 6.18 Å². The van der Waals surface area contributed by atoms with Crippen molar-refractivity contribution >= 4 is 34.8 Å². The lowest BCUT2D eigenvalue weighted by atomic mass is 10.2. The highest BCUT2D eigenvalue weighted by Crippen LogP contribution is 2.29. The molecule has 1 amide bonds. The van der Waals surface area contributed by atoms with Crippen LogP contribution >= 0.6 is 23.2 Å². The second kappa shape index (κ2) is 6.86. The van der Waals surface area contributed by atoms with Gasteiger partial charge in [-0.2, -0.15) is 13.2 Å². The van der Waals surface area contributed by atoms with Gasteiger partial charge in [-0.05, 0) is 31.2 Å². The molecule has 0 aliphatic rings. The summed E-state index contributed by atoms with van der Waals surface area (Å²) in [4.78, 5) is 24.0. The predicted molar refractivity (Wildman–Crippen MR) is 85.5 cm³/mol. The van der Waals surface area contributed by atoms with Gasteiger partial charge in [-0.15, -0.1) is 0 Å². The number of carbonyl (C=O) groups is 1. The van der Waals surface area contributed by atoms with Crippen LogP contribution in [0.2, 0.25) is 10.0 Å². The molecule has 0 aliphatic heterocycles. The van der Waals surface area contributed by atoms with Crippen LogP contribution in [-0.2, 0) is 11.0 Å². The standard InChI is InChI=1S/C15H11Cl2F3N2O2/c1-8(14(24)21-12-5-10(16)4-11(17)6-12)22-7-9(15(18,19)20)2-3-13(22)23/h2-8H,1H3,(H,21,24). The van der Waals surface area contributed by atoms with Gasteiger partial charge in [-0.1, -0.05) is 23.2 Å². The number of nitrogens with one attached hydrogen (secondary N) is 1. The molecule has 0 saturated carbocycles. The third-order valence-corrected chi connectivity index (χ3v) is 3.63. The van der Waals surface area contributed by atoms with Gasteiger partial charge in [0, 0.05) is 28.0 Å². The molecule has 1 heterocycles. The highest BCUT2D eigenvalue weighted by Gasteiger charge is 2.32. The predicted octanol–water partition coefficient (Wildman–Crippen LogP) is 4.37. The number of anilines is 1. The fourth-order valence-electron chi connectivity index (χ4n) is 1.97. The Hall–Kier alpha value is -1.99. The second-order valence-electron chi connectivity index (χ2n) is 4.98. The van der Waals surface area contributed by atoms with Crippen molar-refractivity contribution in [1.29, 1.82) is 0 Å². The largest absolute Gasteiger partial charge is 0.417 e. The van der Waals surface area contributed by atoms with Crippen LogP contribution in [0.15, 0.2) is 41.3 Å². The molecule has 0 bridgehead atoms. The van der Waals surface area contributed by atoms with Gasteiger partial charge in [0.15, 0.2) is 0 Å². The Bertz CT molecular complexity index is 814. The number of aromatic nitrogens is 1. The normalized spacial score (nSPS) is 12.8. The molecule has 1 N–H and O–H groups in total. The topological polar surface area (TPSA) is 51.1 Å². The fourth-order valence-corrected chi connectivity index (χ4v) is 2.50. The Labute approximate surface area is 144 Å². The molecule has 0 aliphatic carbocycles. The lowest BCUT2D eigenvalue weighted by molar-refractivity contribution is -0.138. The van der Waals surface area contributed by atoms with Gasteiger partial charge in [-0.3, -0.25) is 9.59 Å². The van der Waals surface area contributed by atoms with E-state index in [2.05, 4.69) is 5.32 Å². The molecule has 1 aromatic heterocycles. The monoisotopic (exact) mass is 378 g/mol. The molecule has 128 valence electrons. The highest BCUT2D eigenvalue weighted by molar-refractivity contribution is 6.35. The zero-order valence-electron chi connectivity index (χ0n) is 12.2. The van der Waals surface area contributed by atoms with Crippen LogP contribution in [-0.4, -0.2) is 10.5 Å². The Morgan fingerprint density at radius 3 is 2.29 bits per heavy atom. The van der Waals surface area contributed by atoms with Crippen molar-refractivity contribution in [2.75, 3.05) is 5.32 Å². The first-order valence-corrected chi connectivity index (χ1v) is 7.40. The molecule has 1 unspecified atom stereocenters. The van der Waals surface area contributed by atoms with Crippen LogP contribution in [0.5, 0.6) is 0 Å². The van der Waals surface area contributed by atoms with Crippen LogP contribution in [0.4, 0.5) is 18.9 Å². The molecule has 0 spiro atoms. The van der Waals surface area contributed by atoms with Crippen molar-refractivity contribution in [3.8, 4) is 0 Å². The maximum absolute atomic E-state index is 12.8. The van der Waals surface area contributed by atoms with E-state index < -0.39 is 29.2 Å². The summed E-state index contributed by atoms with van der Waals surface area (Å²) in [7, 11) is 0. The average molecular weight is 379 g/mol. The van der Waals surface area contributed by atoms with Gasteiger partial charge in [0.25, 0.3) is 5.56 Å². The number of hydrogen-bond acceptors (Lipinski definition) is 2. The van der Waals surface area contributed by atoms with E-state index in [0.717, 1.165) is 6.07 Å². The minimum Gasteiger partial charge on any atom is -0.324 e. The van der Waals surface area contributed by atoms with Gasteiger partial charge in [0.2, 0.25) is 5.91 Å². The SMILES string of the molecule is CC(C(=O)Nc1cc(Cl)cc(Cl)c1)n1cc(C(F)(F)F)ccc1=O. The maximum atomic E-state index is 12.8. The first kappa shape index (κ1) is 18.4. The van der Waals surface area contributed by atoms with Crippen molar-refractivity contribution in [2.45, 2.75) is 19.1 Å². The summed E-state index contributed by atoms with van der Waals surface area (Å²) in [5.41, 5.74) is -1.48. The molecule has 0 fully saturated rings. The molecule has 1 aromatic carbocycles. The highest BCUT2D eigenvalue weighted by atomic mass is 35.5. The molecule has 0 saturated heterocycles. The van der Waals surface area contributed by atoms with Crippen molar-refractivity contribution in [3.05, 3.63) is 62.5 Å². The number of alkyl halides is 3. The van der Waals surface area contributed by atoms with E-state index in [1.165, 1.54) is 25.1 Å². The number of pyridine rings is 1.